The molecular formula is C12H14N2O. The second-order valence-corrected chi connectivity index (χ2v) is 3.64. The lowest BCUT2D eigenvalue weighted by Crippen LogP contribution is -2.18. The Morgan fingerprint density at radius 2 is 2.07 bits per heavy atom. The van der Waals surface area contributed by atoms with Crippen molar-refractivity contribution in [3.8, 4) is 0 Å². The molecule has 0 N–H and O–H groups in total. The van der Waals surface area contributed by atoms with Gasteiger partial charge in [0.15, 0.2) is 0 Å². The molecule has 0 amide bonds. The summed E-state index contributed by atoms with van der Waals surface area (Å²) in [5, 5.41) is 0. The summed E-state index contributed by atoms with van der Waals surface area (Å²) in [7, 11) is 0. The van der Waals surface area contributed by atoms with E-state index in [1.807, 2.05) is 12.1 Å². The number of rotatable bonds is 3. The van der Waals surface area contributed by atoms with E-state index < -0.39 is 0 Å². The maximum absolute atomic E-state index is 10.1. The van der Waals surface area contributed by atoms with Gasteiger partial charge < -0.3 is 4.90 Å². The molecule has 1 fully saturated rings. The summed E-state index contributed by atoms with van der Waals surface area (Å²) in [6, 6.07) is 4.00. The van der Waals surface area contributed by atoms with Gasteiger partial charge in [0.1, 0.15) is 12.1 Å². The molecule has 3 nitrogen and oxygen atoms in total. The molecule has 0 aliphatic carbocycles. The first-order valence-electron chi connectivity index (χ1n) is 5.23. The second kappa shape index (κ2) is 4.73. The Kier molecular flexibility index (Phi) is 3.12. The van der Waals surface area contributed by atoms with Gasteiger partial charge in [-0.2, -0.15) is 0 Å². The number of aldehydes is 1. The van der Waals surface area contributed by atoms with Crippen molar-refractivity contribution in [2.75, 3.05) is 18.0 Å². The van der Waals surface area contributed by atoms with Crippen LogP contribution in [0.4, 0.5) is 5.82 Å². The molecule has 15 heavy (non-hydrogen) atoms. The summed E-state index contributed by atoms with van der Waals surface area (Å²) in [6.45, 7) is 2.22. The Balaban J connectivity index is 2.09. The standard InChI is InChI=1S/C12H14N2O/c15-9-3-4-11-5-6-12(13-10-11)14-7-1-2-8-14/h3-6,9-10H,1-2,7-8H2/b4-3+. The van der Waals surface area contributed by atoms with Gasteiger partial charge in [0.25, 0.3) is 0 Å². The smallest absolute Gasteiger partial charge is 0.142 e. The van der Waals surface area contributed by atoms with Crippen molar-refractivity contribution in [3.05, 3.63) is 30.0 Å². The van der Waals surface area contributed by atoms with E-state index in [-0.39, 0.29) is 0 Å². The van der Waals surface area contributed by atoms with Gasteiger partial charge in [-0.1, -0.05) is 6.08 Å². The van der Waals surface area contributed by atoms with E-state index in [1.165, 1.54) is 18.9 Å². The van der Waals surface area contributed by atoms with E-state index in [9.17, 15) is 4.79 Å². The van der Waals surface area contributed by atoms with Gasteiger partial charge in [-0.05, 0) is 36.6 Å². The first-order valence-corrected chi connectivity index (χ1v) is 5.23. The maximum atomic E-state index is 10.1. The molecule has 1 aromatic rings. The number of anilines is 1. The van der Waals surface area contributed by atoms with Crippen LogP contribution in [0.1, 0.15) is 18.4 Å². The zero-order valence-electron chi connectivity index (χ0n) is 8.60. The highest BCUT2D eigenvalue weighted by Crippen LogP contribution is 2.17. The molecular weight excluding hydrogens is 188 g/mol. The number of aromatic nitrogens is 1. The molecule has 0 aromatic carbocycles. The first-order chi connectivity index (χ1) is 7.40. The summed E-state index contributed by atoms with van der Waals surface area (Å²) in [6.07, 6.45) is 8.32. The molecule has 1 aliphatic rings. The fourth-order valence-corrected chi connectivity index (χ4v) is 1.78. The van der Waals surface area contributed by atoms with Crippen LogP contribution in [-0.4, -0.2) is 24.4 Å². The van der Waals surface area contributed by atoms with Crippen molar-refractivity contribution < 1.29 is 4.79 Å². The SMILES string of the molecule is O=C/C=C/c1ccc(N2CCCC2)nc1. The van der Waals surface area contributed by atoms with E-state index in [2.05, 4.69) is 9.88 Å². The zero-order valence-corrected chi connectivity index (χ0v) is 8.60. The van der Waals surface area contributed by atoms with E-state index >= 15 is 0 Å². The van der Waals surface area contributed by atoms with Gasteiger partial charge >= 0.3 is 0 Å². The molecule has 1 aromatic heterocycles. The van der Waals surface area contributed by atoms with E-state index in [1.54, 1.807) is 12.3 Å². The van der Waals surface area contributed by atoms with Crippen LogP contribution in [0.2, 0.25) is 0 Å². The Hall–Kier alpha value is -1.64. The molecule has 2 rings (SSSR count). The maximum Gasteiger partial charge on any atom is 0.142 e. The predicted molar refractivity (Wildman–Crippen MR) is 60.8 cm³/mol. The van der Waals surface area contributed by atoms with Crippen LogP contribution in [-0.2, 0) is 4.79 Å². The van der Waals surface area contributed by atoms with Crippen molar-refractivity contribution in [2.24, 2.45) is 0 Å². The molecule has 2 heterocycles. The second-order valence-electron chi connectivity index (χ2n) is 3.64. The van der Waals surface area contributed by atoms with Crippen LogP contribution in [0.5, 0.6) is 0 Å². The van der Waals surface area contributed by atoms with Gasteiger partial charge in [-0.25, -0.2) is 4.98 Å². The highest BCUT2D eigenvalue weighted by atomic mass is 16.1. The van der Waals surface area contributed by atoms with Gasteiger partial charge in [-0.15, -0.1) is 0 Å². The van der Waals surface area contributed by atoms with Gasteiger partial charge in [0.2, 0.25) is 0 Å². The lowest BCUT2D eigenvalue weighted by molar-refractivity contribution is -0.104. The average molecular weight is 202 g/mol. The van der Waals surface area contributed by atoms with Gasteiger partial charge in [0.05, 0.1) is 0 Å². The van der Waals surface area contributed by atoms with Crippen molar-refractivity contribution in [2.45, 2.75) is 12.8 Å². The lowest BCUT2D eigenvalue weighted by atomic mass is 10.2. The molecule has 0 radical (unpaired) electrons. The quantitative estimate of drug-likeness (QED) is 0.554. The molecule has 0 saturated carbocycles. The minimum Gasteiger partial charge on any atom is -0.357 e. The third-order valence-corrected chi connectivity index (χ3v) is 2.57. The zero-order chi connectivity index (χ0) is 10.5. The average Bonchev–Trinajstić information content (AvgIpc) is 2.80. The Labute approximate surface area is 89.4 Å². The number of hydrogen-bond acceptors (Lipinski definition) is 3. The monoisotopic (exact) mass is 202 g/mol. The Morgan fingerprint density at radius 3 is 2.67 bits per heavy atom. The third kappa shape index (κ3) is 2.43. The number of nitrogens with zero attached hydrogens (tertiary/aromatic N) is 2. The molecule has 0 bridgehead atoms. The minimum absolute atomic E-state index is 0.772. The summed E-state index contributed by atoms with van der Waals surface area (Å²) in [5.74, 6) is 1.04. The summed E-state index contributed by atoms with van der Waals surface area (Å²) >= 11 is 0. The van der Waals surface area contributed by atoms with Crippen LogP contribution in [0.15, 0.2) is 24.4 Å². The largest absolute Gasteiger partial charge is 0.357 e. The topological polar surface area (TPSA) is 33.2 Å². The van der Waals surface area contributed by atoms with Crippen molar-refractivity contribution in [3.63, 3.8) is 0 Å². The van der Waals surface area contributed by atoms with Gasteiger partial charge in [0, 0.05) is 19.3 Å². The lowest BCUT2D eigenvalue weighted by Gasteiger charge is -2.15. The predicted octanol–water partition coefficient (Wildman–Crippen LogP) is 1.89. The number of allylic oxidation sites excluding steroid dienone is 1. The van der Waals surface area contributed by atoms with E-state index in [0.717, 1.165) is 30.8 Å². The molecule has 0 unspecified atom stereocenters. The van der Waals surface area contributed by atoms with Crippen LogP contribution in [0, 0.1) is 0 Å². The first kappa shape index (κ1) is 9.90. The summed E-state index contributed by atoms with van der Waals surface area (Å²) < 4.78 is 0. The van der Waals surface area contributed by atoms with Crippen LogP contribution in [0.25, 0.3) is 6.08 Å². The number of carbonyl (C=O) groups is 1. The normalized spacial score (nSPS) is 16.1. The fraction of sp³-hybridized carbons (Fsp3) is 0.333. The van der Waals surface area contributed by atoms with E-state index in [4.69, 9.17) is 0 Å². The van der Waals surface area contributed by atoms with Crippen molar-refractivity contribution in [1.82, 2.24) is 4.98 Å². The van der Waals surface area contributed by atoms with Crippen LogP contribution in [0.3, 0.4) is 0 Å². The molecule has 0 atom stereocenters. The molecule has 0 spiro atoms. The third-order valence-electron chi connectivity index (χ3n) is 2.57. The number of pyridine rings is 1. The molecule has 1 aliphatic heterocycles. The fourth-order valence-electron chi connectivity index (χ4n) is 1.78. The highest BCUT2D eigenvalue weighted by molar-refractivity contribution is 5.73. The molecule has 3 heteroatoms. The summed E-state index contributed by atoms with van der Waals surface area (Å²) in [5.41, 5.74) is 0.963. The van der Waals surface area contributed by atoms with Crippen LogP contribution < -0.4 is 4.90 Å². The van der Waals surface area contributed by atoms with Gasteiger partial charge in [-0.3, -0.25) is 4.79 Å². The van der Waals surface area contributed by atoms with Crippen LogP contribution >= 0.6 is 0 Å². The van der Waals surface area contributed by atoms with Crippen molar-refractivity contribution in [1.29, 1.82) is 0 Å². The summed E-state index contributed by atoms with van der Waals surface area (Å²) in [4.78, 5) is 16.8. The minimum atomic E-state index is 0.772. The number of carbonyl (C=O) groups excluding carboxylic acids is 1. The van der Waals surface area contributed by atoms with E-state index in [0.29, 0.717) is 0 Å². The Bertz CT molecular complexity index is 350. The Morgan fingerprint density at radius 1 is 1.27 bits per heavy atom. The molecule has 78 valence electrons. The van der Waals surface area contributed by atoms with Crippen molar-refractivity contribution >= 4 is 18.2 Å². The highest BCUT2D eigenvalue weighted by Gasteiger charge is 2.12. The number of hydrogen-bond donors (Lipinski definition) is 0. The molecule has 1 saturated heterocycles.